The second-order valence-electron chi connectivity index (χ2n) is 10.1. The molecule has 0 fully saturated rings. The van der Waals surface area contributed by atoms with Crippen molar-refractivity contribution in [1.29, 1.82) is 0 Å². The summed E-state index contributed by atoms with van der Waals surface area (Å²) in [6, 6.07) is 31.8. The maximum atomic E-state index is 14.2. The van der Waals surface area contributed by atoms with Crippen molar-refractivity contribution >= 4 is 28.4 Å². The summed E-state index contributed by atoms with van der Waals surface area (Å²) in [4.78, 5) is 29.9. The molecule has 0 saturated heterocycles. The van der Waals surface area contributed by atoms with Gasteiger partial charge < -0.3 is 24.3 Å². The van der Waals surface area contributed by atoms with Crippen molar-refractivity contribution in [2.24, 2.45) is 7.05 Å². The SMILES string of the molecule is COCCN1C(=O)c2ccccc2C(C(=O)Nc2ccc(Oc3ccccc3)cc2)C1c1cn(C)c2ccccc12. The second-order valence-corrected chi connectivity index (χ2v) is 10.1. The van der Waals surface area contributed by atoms with E-state index in [-0.39, 0.29) is 11.8 Å². The highest BCUT2D eigenvalue weighted by molar-refractivity contribution is 6.05. The van der Waals surface area contributed by atoms with Crippen LogP contribution >= 0.6 is 0 Å². The highest BCUT2D eigenvalue weighted by Gasteiger charge is 2.45. The summed E-state index contributed by atoms with van der Waals surface area (Å²) >= 11 is 0. The van der Waals surface area contributed by atoms with Gasteiger partial charge in [-0.1, -0.05) is 54.6 Å². The van der Waals surface area contributed by atoms with Crippen molar-refractivity contribution in [2.45, 2.75) is 12.0 Å². The number of fused-ring (bicyclic) bond motifs is 2. The molecule has 0 radical (unpaired) electrons. The summed E-state index contributed by atoms with van der Waals surface area (Å²) in [5.74, 6) is 0.458. The Morgan fingerprint density at radius 2 is 1.51 bits per heavy atom. The highest BCUT2D eigenvalue weighted by atomic mass is 16.5. The van der Waals surface area contributed by atoms with Gasteiger partial charge in [-0.05, 0) is 54.1 Å². The molecule has 2 unspecified atom stereocenters. The predicted octanol–water partition coefficient (Wildman–Crippen LogP) is 6.54. The van der Waals surface area contributed by atoms with Crippen LogP contribution in [0.5, 0.6) is 11.5 Å². The summed E-state index contributed by atoms with van der Waals surface area (Å²) in [5.41, 5.74) is 3.85. The molecule has 2 amide bonds. The maximum Gasteiger partial charge on any atom is 0.254 e. The lowest BCUT2D eigenvalue weighted by atomic mass is 9.79. The number of amides is 2. The smallest absolute Gasteiger partial charge is 0.254 e. The summed E-state index contributed by atoms with van der Waals surface area (Å²) in [6.07, 6.45) is 2.03. The van der Waals surface area contributed by atoms with Crippen LogP contribution in [-0.4, -0.2) is 41.5 Å². The van der Waals surface area contributed by atoms with E-state index in [0.717, 1.165) is 22.2 Å². The zero-order chi connectivity index (χ0) is 28.3. The molecule has 0 bridgehead atoms. The molecular weight excluding hydrogens is 514 g/mol. The highest BCUT2D eigenvalue weighted by Crippen LogP contribution is 2.45. The quantitative estimate of drug-likeness (QED) is 0.240. The molecule has 0 spiro atoms. The van der Waals surface area contributed by atoms with Gasteiger partial charge in [0.05, 0.1) is 18.6 Å². The lowest BCUT2D eigenvalue weighted by Crippen LogP contribution is -2.47. The minimum absolute atomic E-state index is 0.109. The molecule has 0 aliphatic carbocycles. The molecule has 5 aromatic rings. The van der Waals surface area contributed by atoms with Crippen LogP contribution in [0.4, 0.5) is 5.69 Å². The number of carbonyl (C=O) groups excluding carboxylic acids is 2. The van der Waals surface area contributed by atoms with E-state index in [0.29, 0.717) is 35.7 Å². The third kappa shape index (κ3) is 5.08. The number of ether oxygens (including phenoxy) is 2. The first-order chi connectivity index (χ1) is 20.0. The lowest BCUT2D eigenvalue weighted by molar-refractivity contribution is -0.119. The number of hydrogen-bond acceptors (Lipinski definition) is 4. The summed E-state index contributed by atoms with van der Waals surface area (Å²) in [7, 11) is 3.60. The van der Waals surface area contributed by atoms with Crippen molar-refractivity contribution in [3.63, 3.8) is 0 Å². The number of carbonyl (C=O) groups is 2. The van der Waals surface area contributed by atoms with E-state index in [4.69, 9.17) is 9.47 Å². The minimum Gasteiger partial charge on any atom is -0.457 e. The Kier molecular flexibility index (Phi) is 7.27. The Hall–Kier alpha value is -4.88. The molecule has 7 heteroatoms. The topological polar surface area (TPSA) is 72.8 Å². The standard InChI is InChI=1S/C34H31N3O4/c1-36-22-29(26-12-8-9-15-30(26)36)32-31(27-13-6-7-14-28(27)34(39)37(32)20-21-40-2)33(38)35-23-16-18-25(19-17-23)41-24-10-4-3-5-11-24/h3-19,22,31-32H,20-21H2,1-2H3,(H,35,38). The number of methoxy groups -OCH3 is 1. The summed E-state index contributed by atoms with van der Waals surface area (Å²) in [6.45, 7) is 0.708. The van der Waals surface area contributed by atoms with Gasteiger partial charge in [-0.15, -0.1) is 0 Å². The van der Waals surface area contributed by atoms with Gasteiger partial charge in [-0.25, -0.2) is 0 Å². The van der Waals surface area contributed by atoms with Crippen LogP contribution in [-0.2, 0) is 16.6 Å². The van der Waals surface area contributed by atoms with Gasteiger partial charge >= 0.3 is 0 Å². The van der Waals surface area contributed by atoms with Gasteiger partial charge in [-0.2, -0.15) is 0 Å². The molecule has 1 aromatic heterocycles. The third-order valence-electron chi connectivity index (χ3n) is 7.60. The fourth-order valence-corrected chi connectivity index (χ4v) is 5.72. The molecule has 6 rings (SSSR count). The fraction of sp³-hybridized carbons (Fsp3) is 0.176. The number of benzene rings is 4. The summed E-state index contributed by atoms with van der Waals surface area (Å²) < 4.78 is 13.3. The van der Waals surface area contributed by atoms with Gasteiger partial charge in [0.25, 0.3) is 5.91 Å². The average Bonchev–Trinajstić information content (AvgIpc) is 3.34. The Morgan fingerprint density at radius 3 is 2.29 bits per heavy atom. The predicted molar refractivity (Wildman–Crippen MR) is 159 cm³/mol. The fourth-order valence-electron chi connectivity index (χ4n) is 5.72. The molecule has 7 nitrogen and oxygen atoms in total. The van der Waals surface area contributed by atoms with E-state index < -0.39 is 12.0 Å². The Balaban J connectivity index is 1.39. The average molecular weight is 546 g/mol. The first-order valence-corrected chi connectivity index (χ1v) is 13.6. The molecule has 2 heterocycles. The van der Waals surface area contributed by atoms with Crippen LogP contribution in [0, 0.1) is 0 Å². The van der Waals surface area contributed by atoms with E-state index in [1.807, 2.05) is 115 Å². The Morgan fingerprint density at radius 1 is 0.829 bits per heavy atom. The number of para-hydroxylation sites is 2. The normalized spacial score (nSPS) is 16.4. The van der Waals surface area contributed by atoms with Crippen molar-refractivity contribution in [3.05, 3.63) is 126 Å². The second kappa shape index (κ2) is 11.3. The van der Waals surface area contributed by atoms with Crippen LogP contribution in [0.2, 0.25) is 0 Å². The molecule has 4 aromatic carbocycles. The van der Waals surface area contributed by atoms with Gasteiger partial charge in [0.1, 0.15) is 11.5 Å². The molecule has 1 N–H and O–H groups in total. The van der Waals surface area contributed by atoms with Crippen LogP contribution in [0.25, 0.3) is 10.9 Å². The zero-order valence-electron chi connectivity index (χ0n) is 23.0. The number of aryl methyl sites for hydroxylation is 1. The van der Waals surface area contributed by atoms with Crippen molar-refractivity contribution < 1.29 is 19.1 Å². The van der Waals surface area contributed by atoms with Crippen LogP contribution in [0.15, 0.2) is 109 Å². The largest absolute Gasteiger partial charge is 0.457 e. The number of nitrogens with one attached hydrogen (secondary N) is 1. The van der Waals surface area contributed by atoms with Crippen LogP contribution in [0.1, 0.15) is 33.4 Å². The van der Waals surface area contributed by atoms with Crippen molar-refractivity contribution in [2.75, 3.05) is 25.6 Å². The first kappa shape index (κ1) is 26.3. The zero-order valence-corrected chi connectivity index (χ0v) is 23.0. The van der Waals surface area contributed by atoms with E-state index in [1.165, 1.54) is 0 Å². The number of hydrogen-bond donors (Lipinski definition) is 1. The van der Waals surface area contributed by atoms with Crippen molar-refractivity contribution in [1.82, 2.24) is 9.47 Å². The lowest BCUT2D eigenvalue weighted by Gasteiger charge is -2.41. The van der Waals surface area contributed by atoms with Crippen molar-refractivity contribution in [3.8, 4) is 11.5 Å². The number of anilines is 1. The molecule has 41 heavy (non-hydrogen) atoms. The maximum absolute atomic E-state index is 14.2. The molecule has 2 atom stereocenters. The number of rotatable bonds is 8. The molecule has 206 valence electrons. The van der Waals surface area contributed by atoms with E-state index >= 15 is 0 Å². The molecule has 1 aliphatic heterocycles. The third-order valence-corrected chi connectivity index (χ3v) is 7.60. The Labute approximate surface area is 238 Å². The summed E-state index contributed by atoms with van der Waals surface area (Å²) in [5, 5.41) is 4.13. The first-order valence-electron chi connectivity index (χ1n) is 13.6. The Bertz CT molecular complexity index is 1690. The minimum atomic E-state index is -0.646. The molecule has 1 aliphatic rings. The van der Waals surface area contributed by atoms with Gasteiger partial charge in [0, 0.05) is 54.6 Å². The van der Waals surface area contributed by atoms with Gasteiger partial charge in [-0.3, -0.25) is 9.59 Å². The number of aromatic nitrogens is 1. The van der Waals surface area contributed by atoms with E-state index in [2.05, 4.69) is 5.32 Å². The van der Waals surface area contributed by atoms with Gasteiger partial charge in [0.15, 0.2) is 0 Å². The van der Waals surface area contributed by atoms with Crippen LogP contribution in [0.3, 0.4) is 0 Å². The van der Waals surface area contributed by atoms with E-state index in [9.17, 15) is 9.59 Å². The van der Waals surface area contributed by atoms with Crippen LogP contribution < -0.4 is 10.1 Å². The molecule has 0 saturated carbocycles. The monoisotopic (exact) mass is 545 g/mol. The molecular formula is C34H31N3O4. The van der Waals surface area contributed by atoms with Gasteiger partial charge in [0.2, 0.25) is 5.91 Å². The van der Waals surface area contributed by atoms with E-state index in [1.54, 1.807) is 18.1 Å². The number of nitrogens with zero attached hydrogens (tertiary/aromatic N) is 2.